The van der Waals surface area contributed by atoms with Crippen LogP contribution in [0.25, 0.3) is 0 Å². The molecule has 25 heavy (non-hydrogen) atoms. The van der Waals surface area contributed by atoms with E-state index in [2.05, 4.69) is 4.72 Å². The monoisotopic (exact) mass is 392 g/mol. The topological polar surface area (TPSA) is 102 Å². The zero-order chi connectivity index (χ0) is 18.7. The third-order valence-electron chi connectivity index (χ3n) is 4.11. The number of sulfonamides is 2. The minimum atomic E-state index is -3.86. The van der Waals surface area contributed by atoms with E-state index in [0.29, 0.717) is 18.7 Å². The maximum atomic E-state index is 13.2. The molecule has 0 aliphatic carbocycles. The van der Waals surface area contributed by atoms with Crippen LogP contribution in [0.5, 0.6) is 11.5 Å². The van der Waals surface area contributed by atoms with Crippen LogP contribution in [0.4, 0.5) is 0 Å². The van der Waals surface area contributed by atoms with Crippen molar-refractivity contribution in [1.29, 1.82) is 0 Å². The molecule has 0 bridgehead atoms. The van der Waals surface area contributed by atoms with Gasteiger partial charge in [0, 0.05) is 25.2 Å². The van der Waals surface area contributed by atoms with Crippen LogP contribution in [0.1, 0.15) is 19.3 Å². The van der Waals surface area contributed by atoms with Crippen molar-refractivity contribution in [2.24, 2.45) is 0 Å². The maximum absolute atomic E-state index is 13.2. The second-order valence-electron chi connectivity index (χ2n) is 5.90. The van der Waals surface area contributed by atoms with Gasteiger partial charge in [0.25, 0.3) is 0 Å². The van der Waals surface area contributed by atoms with Crippen molar-refractivity contribution >= 4 is 20.0 Å². The van der Waals surface area contributed by atoms with Gasteiger partial charge in [0.2, 0.25) is 20.0 Å². The quantitative estimate of drug-likeness (QED) is 0.736. The molecular weight excluding hydrogens is 368 g/mol. The van der Waals surface area contributed by atoms with E-state index >= 15 is 0 Å². The molecule has 0 amide bonds. The summed E-state index contributed by atoms with van der Waals surface area (Å²) in [6.07, 6.45) is 3.21. The van der Waals surface area contributed by atoms with Crippen molar-refractivity contribution in [3.05, 3.63) is 18.2 Å². The molecule has 142 valence electrons. The highest BCUT2D eigenvalue weighted by molar-refractivity contribution is 7.89. The average Bonchev–Trinajstić information content (AvgIpc) is 2.59. The molecule has 1 aromatic rings. The zero-order valence-electron chi connectivity index (χ0n) is 14.6. The first kappa shape index (κ1) is 20.0. The van der Waals surface area contributed by atoms with E-state index in [4.69, 9.17) is 9.47 Å². The second kappa shape index (κ2) is 7.90. The molecule has 1 fully saturated rings. The van der Waals surface area contributed by atoms with E-state index in [1.807, 2.05) is 0 Å². The van der Waals surface area contributed by atoms with Gasteiger partial charge in [-0.3, -0.25) is 0 Å². The van der Waals surface area contributed by atoms with Crippen molar-refractivity contribution in [2.75, 3.05) is 33.6 Å². The van der Waals surface area contributed by atoms with Gasteiger partial charge in [-0.05, 0) is 25.0 Å². The van der Waals surface area contributed by atoms with E-state index < -0.39 is 26.1 Å². The molecule has 0 unspecified atom stereocenters. The number of rotatable bonds is 7. The SMILES string of the molecule is COc1ccc(OC)c(S(=O)(=O)N2CCCC[C@@H]2CNS(C)(=O)=O)c1. The Bertz CT molecular complexity index is 807. The summed E-state index contributed by atoms with van der Waals surface area (Å²) in [4.78, 5) is 0.0144. The molecule has 0 saturated carbocycles. The summed E-state index contributed by atoms with van der Waals surface area (Å²) in [7, 11) is -4.40. The molecule has 1 atom stereocenters. The van der Waals surface area contributed by atoms with Gasteiger partial charge in [-0.15, -0.1) is 0 Å². The van der Waals surface area contributed by atoms with Crippen LogP contribution >= 0.6 is 0 Å². The molecule has 1 aromatic carbocycles. The summed E-state index contributed by atoms with van der Waals surface area (Å²) in [5.74, 6) is 0.628. The minimum absolute atomic E-state index is 0.0144. The Morgan fingerprint density at radius 1 is 1.16 bits per heavy atom. The smallest absolute Gasteiger partial charge is 0.247 e. The largest absolute Gasteiger partial charge is 0.497 e. The summed E-state index contributed by atoms with van der Waals surface area (Å²) in [5.41, 5.74) is 0. The summed E-state index contributed by atoms with van der Waals surface area (Å²) in [6, 6.07) is 4.14. The van der Waals surface area contributed by atoms with Crippen molar-refractivity contribution in [3.8, 4) is 11.5 Å². The van der Waals surface area contributed by atoms with Gasteiger partial charge in [-0.25, -0.2) is 21.6 Å². The van der Waals surface area contributed by atoms with Crippen molar-refractivity contribution in [1.82, 2.24) is 9.03 Å². The van der Waals surface area contributed by atoms with Crippen LogP contribution in [0.15, 0.2) is 23.1 Å². The van der Waals surface area contributed by atoms with E-state index in [1.165, 1.54) is 24.6 Å². The van der Waals surface area contributed by atoms with Crippen LogP contribution in [0.3, 0.4) is 0 Å². The van der Waals surface area contributed by atoms with E-state index in [-0.39, 0.29) is 17.2 Å². The molecule has 1 saturated heterocycles. The van der Waals surface area contributed by atoms with Gasteiger partial charge < -0.3 is 9.47 Å². The Kier molecular flexibility index (Phi) is 6.30. The molecule has 1 aliphatic heterocycles. The lowest BCUT2D eigenvalue weighted by Gasteiger charge is -2.35. The van der Waals surface area contributed by atoms with Gasteiger partial charge in [0.05, 0.1) is 20.5 Å². The standard InChI is InChI=1S/C15H24N2O6S2/c1-22-13-7-8-14(23-2)15(10-13)25(20,21)17-9-5-4-6-12(17)11-16-24(3,18)19/h7-8,10,12,16H,4-6,9,11H2,1-3H3/t12-/m1/s1. The van der Waals surface area contributed by atoms with Crippen LogP contribution in [0.2, 0.25) is 0 Å². The Morgan fingerprint density at radius 2 is 1.88 bits per heavy atom. The number of hydrogen-bond donors (Lipinski definition) is 1. The molecule has 2 rings (SSSR count). The number of hydrogen-bond acceptors (Lipinski definition) is 6. The van der Waals surface area contributed by atoms with Crippen LogP contribution in [-0.2, 0) is 20.0 Å². The first-order valence-electron chi connectivity index (χ1n) is 7.87. The Labute approximate surface area is 149 Å². The normalized spacial score (nSPS) is 19.6. The van der Waals surface area contributed by atoms with Gasteiger partial charge >= 0.3 is 0 Å². The molecule has 1 heterocycles. The van der Waals surface area contributed by atoms with E-state index in [0.717, 1.165) is 19.1 Å². The lowest BCUT2D eigenvalue weighted by molar-refractivity contribution is 0.252. The zero-order valence-corrected chi connectivity index (χ0v) is 16.2. The van der Waals surface area contributed by atoms with Crippen LogP contribution in [0, 0.1) is 0 Å². The lowest BCUT2D eigenvalue weighted by atomic mass is 10.1. The van der Waals surface area contributed by atoms with Gasteiger partial charge in [0.1, 0.15) is 16.4 Å². The fourth-order valence-corrected chi connectivity index (χ4v) is 5.21. The average molecular weight is 392 g/mol. The summed E-state index contributed by atoms with van der Waals surface area (Å²) < 4.78 is 63.2. The predicted octanol–water partition coefficient (Wildman–Crippen LogP) is 0.796. The number of nitrogens with zero attached hydrogens (tertiary/aromatic N) is 1. The van der Waals surface area contributed by atoms with Gasteiger partial charge in [-0.1, -0.05) is 6.42 Å². The number of methoxy groups -OCH3 is 2. The van der Waals surface area contributed by atoms with Crippen molar-refractivity contribution < 1.29 is 26.3 Å². The first-order chi connectivity index (χ1) is 11.7. The van der Waals surface area contributed by atoms with E-state index in [9.17, 15) is 16.8 Å². The maximum Gasteiger partial charge on any atom is 0.247 e. The first-order valence-corrected chi connectivity index (χ1v) is 11.2. The number of ether oxygens (including phenoxy) is 2. The van der Waals surface area contributed by atoms with Gasteiger partial charge in [0.15, 0.2) is 0 Å². The molecule has 8 nitrogen and oxygen atoms in total. The lowest BCUT2D eigenvalue weighted by Crippen LogP contribution is -2.49. The highest BCUT2D eigenvalue weighted by Gasteiger charge is 2.35. The molecule has 0 aromatic heterocycles. The Hall–Kier alpha value is -1.36. The van der Waals surface area contributed by atoms with Crippen molar-refractivity contribution in [2.45, 2.75) is 30.2 Å². The molecule has 10 heteroatoms. The van der Waals surface area contributed by atoms with Crippen molar-refractivity contribution in [3.63, 3.8) is 0 Å². The Balaban J connectivity index is 2.38. The Morgan fingerprint density at radius 3 is 2.48 bits per heavy atom. The number of piperidine rings is 1. The highest BCUT2D eigenvalue weighted by Crippen LogP contribution is 2.33. The second-order valence-corrected chi connectivity index (χ2v) is 9.59. The number of benzene rings is 1. The molecule has 0 spiro atoms. The summed E-state index contributed by atoms with van der Waals surface area (Å²) >= 11 is 0. The van der Waals surface area contributed by atoms with Gasteiger partial charge in [-0.2, -0.15) is 4.31 Å². The van der Waals surface area contributed by atoms with Crippen LogP contribution in [-0.4, -0.2) is 60.7 Å². The highest BCUT2D eigenvalue weighted by atomic mass is 32.2. The molecule has 1 aliphatic rings. The molecule has 0 radical (unpaired) electrons. The van der Waals surface area contributed by atoms with Crippen LogP contribution < -0.4 is 14.2 Å². The summed E-state index contributed by atoms with van der Waals surface area (Å²) in [6.45, 7) is 0.378. The van der Waals surface area contributed by atoms with E-state index in [1.54, 1.807) is 12.1 Å². The molecule has 1 N–H and O–H groups in total. The summed E-state index contributed by atoms with van der Waals surface area (Å²) in [5, 5.41) is 0. The molecular formula is C15H24N2O6S2. The number of nitrogens with one attached hydrogen (secondary N) is 1. The minimum Gasteiger partial charge on any atom is -0.497 e. The fourth-order valence-electron chi connectivity index (χ4n) is 2.85. The fraction of sp³-hybridized carbons (Fsp3) is 0.600. The third-order valence-corrected chi connectivity index (χ3v) is 6.78. The third kappa shape index (κ3) is 4.84. The predicted molar refractivity (Wildman–Crippen MR) is 93.9 cm³/mol.